The Kier molecular flexibility index (Phi) is 8.63. The first kappa shape index (κ1) is 34.4. The molecule has 0 saturated carbocycles. The molecule has 9 aromatic carbocycles. The van der Waals surface area contributed by atoms with Gasteiger partial charge in [-0.05, 0) is 90.8 Å². The van der Waals surface area contributed by atoms with Crippen molar-refractivity contribution in [2.24, 2.45) is 0 Å². The van der Waals surface area contributed by atoms with Gasteiger partial charge in [0.1, 0.15) is 5.82 Å². The number of fused-ring (bicyclic) bond motifs is 5. The Labute approximate surface area is 444 Å². The van der Waals surface area contributed by atoms with E-state index in [9.17, 15) is 0 Å². The number of benzene rings is 9. The average molecular weight is 1120 g/mol. The summed E-state index contributed by atoms with van der Waals surface area (Å²) >= 11 is 0. The second kappa shape index (κ2) is 17.8. The molecular formula is C64H44N4OPtSi-2. The molecule has 0 N–H and O–H groups in total. The van der Waals surface area contributed by atoms with Crippen LogP contribution in [0.25, 0.3) is 94.5 Å². The molecular weight excluding hydrogens is 1060 g/mol. The first-order valence-corrected chi connectivity index (χ1v) is 23.9. The van der Waals surface area contributed by atoms with Gasteiger partial charge in [0.05, 0.1) is 30.4 Å². The monoisotopic (exact) mass is 1120 g/mol. The minimum absolute atomic E-state index is 0. The van der Waals surface area contributed by atoms with Gasteiger partial charge in [-0.2, -0.15) is 12.1 Å². The fraction of sp³-hybridized carbons (Fsp3) is 0.0625. The van der Waals surface area contributed by atoms with E-state index in [1.54, 1.807) is 22.8 Å². The SMILES string of the molecule is [2H]c1c([2H])c([2H])c(-c2cccc(-c3c([2H])c([2H])c([2H])c([2H])c3[2H])c2-[n+]2[c-]n3c4c(cccc42)[Si]c2ccc(Oc4[c-]c5c(cc4)c4c(-c6ccccc6)cc(-c6ccccc6)cc4n5-c4cc(C(C)(C)C)ccn4)[c-]c2-3)c([2H])c1[2H].[Pt]. The average Bonchev–Trinajstić information content (AvgIpc) is 4.21. The summed E-state index contributed by atoms with van der Waals surface area (Å²) in [5, 5.41) is 3.88. The van der Waals surface area contributed by atoms with Crippen LogP contribution in [0.3, 0.4) is 0 Å². The number of nitrogens with zero attached hydrogens (tertiary/aromatic N) is 4. The molecule has 12 aromatic rings. The number of pyridine rings is 1. The van der Waals surface area contributed by atoms with Crippen LogP contribution in [0.1, 0.15) is 40.0 Å². The predicted octanol–water partition coefficient (Wildman–Crippen LogP) is 13.5. The maximum atomic E-state index is 9.11. The Morgan fingerprint density at radius 2 is 1.27 bits per heavy atom. The molecule has 0 amide bonds. The third kappa shape index (κ3) is 7.75. The van der Waals surface area contributed by atoms with E-state index in [0.29, 0.717) is 22.7 Å². The molecule has 0 aliphatic carbocycles. The molecule has 342 valence electrons. The summed E-state index contributed by atoms with van der Waals surface area (Å²) in [6.07, 6.45) is 5.37. The van der Waals surface area contributed by atoms with Gasteiger partial charge in [0.15, 0.2) is 0 Å². The van der Waals surface area contributed by atoms with Crippen molar-refractivity contribution >= 4 is 52.7 Å². The van der Waals surface area contributed by atoms with Crippen LogP contribution >= 0.6 is 0 Å². The van der Waals surface area contributed by atoms with Crippen LogP contribution in [0.4, 0.5) is 0 Å². The van der Waals surface area contributed by atoms with Crippen LogP contribution in [-0.2, 0) is 26.5 Å². The molecule has 2 radical (unpaired) electrons. The van der Waals surface area contributed by atoms with Gasteiger partial charge >= 0.3 is 0 Å². The smallest absolute Gasteiger partial charge is 0.268 e. The summed E-state index contributed by atoms with van der Waals surface area (Å²) in [6, 6.07) is 49.9. The predicted molar refractivity (Wildman–Crippen MR) is 285 cm³/mol. The number of hydrogen-bond acceptors (Lipinski definition) is 2. The van der Waals surface area contributed by atoms with E-state index >= 15 is 0 Å². The molecule has 13 rings (SSSR count). The normalized spacial score (nSPS) is 14.0. The standard InChI is InChI=1S/C64H44N4OSi.Pt/c1-64(2,3)47-34-35-65-60(38-47)68-55-39-48(30-32-52(55)61-53(45-24-14-7-15-25-45)36-46(37-57(61)68)42-18-8-4-9-19-42)69-49-31-33-58-56(40-49)67-41-66(54-28-17-29-59(70-58)63(54)67)62-50(43-20-10-5-11-21-43)26-16-27-51(62)44-22-12-6-13-23-44;/h4-38H,1-3H3;/q-2;/i5D,6D,10D,11D,12D,13D,20D,21D,22D,23D;. The van der Waals surface area contributed by atoms with Gasteiger partial charge in [0, 0.05) is 53.8 Å². The van der Waals surface area contributed by atoms with Crippen molar-refractivity contribution in [2.75, 3.05) is 0 Å². The molecule has 0 spiro atoms. The van der Waals surface area contributed by atoms with Crippen LogP contribution < -0.4 is 19.7 Å². The second-order valence-electron chi connectivity index (χ2n) is 18.2. The van der Waals surface area contributed by atoms with E-state index in [4.69, 9.17) is 23.4 Å². The van der Waals surface area contributed by atoms with E-state index in [0.717, 1.165) is 71.3 Å². The van der Waals surface area contributed by atoms with Gasteiger partial charge in [0.2, 0.25) is 0 Å². The minimum Gasteiger partial charge on any atom is -0.510 e. The summed E-state index contributed by atoms with van der Waals surface area (Å²) < 4.78 is 100. The van der Waals surface area contributed by atoms with Crippen molar-refractivity contribution in [1.82, 2.24) is 14.1 Å². The van der Waals surface area contributed by atoms with E-state index < -0.39 is 60.4 Å². The number of ether oxygens (including phenoxy) is 1. The third-order valence-corrected chi connectivity index (χ3v) is 14.2. The summed E-state index contributed by atoms with van der Waals surface area (Å²) in [4.78, 5) is 5.01. The summed E-state index contributed by atoms with van der Waals surface area (Å²) in [5.41, 5.74) is 9.14. The molecule has 1 aliphatic heterocycles. The summed E-state index contributed by atoms with van der Waals surface area (Å²) in [5.74, 6) is 1.55. The quantitative estimate of drug-likeness (QED) is 0.0864. The first-order valence-electron chi connectivity index (χ1n) is 27.9. The van der Waals surface area contributed by atoms with Gasteiger partial charge in [-0.1, -0.05) is 189 Å². The summed E-state index contributed by atoms with van der Waals surface area (Å²) in [6.45, 7) is 6.56. The van der Waals surface area contributed by atoms with Crippen molar-refractivity contribution in [1.29, 1.82) is 0 Å². The van der Waals surface area contributed by atoms with Crippen molar-refractivity contribution in [3.63, 3.8) is 0 Å². The Morgan fingerprint density at radius 1 is 0.606 bits per heavy atom. The Hall–Kier alpha value is -7.89. The van der Waals surface area contributed by atoms with Gasteiger partial charge in [-0.3, -0.25) is 4.57 Å². The number of para-hydroxylation sites is 2. The molecule has 0 fully saturated rings. The van der Waals surface area contributed by atoms with Crippen LogP contribution in [0.2, 0.25) is 0 Å². The van der Waals surface area contributed by atoms with Crippen molar-refractivity contribution in [2.45, 2.75) is 26.2 Å². The Bertz CT molecular complexity index is 4450. The minimum atomic E-state index is -0.568. The van der Waals surface area contributed by atoms with Crippen LogP contribution in [0.5, 0.6) is 11.5 Å². The van der Waals surface area contributed by atoms with Gasteiger partial charge < -0.3 is 13.9 Å². The van der Waals surface area contributed by atoms with E-state index in [-0.39, 0.29) is 63.9 Å². The van der Waals surface area contributed by atoms with Crippen molar-refractivity contribution in [3.8, 4) is 73.2 Å². The number of aromatic nitrogens is 4. The van der Waals surface area contributed by atoms with E-state index in [1.807, 2.05) is 71.4 Å². The third-order valence-electron chi connectivity index (χ3n) is 12.9. The maximum Gasteiger partial charge on any atom is 0.268 e. The molecule has 1 aliphatic rings. The van der Waals surface area contributed by atoms with Crippen molar-refractivity contribution in [3.05, 3.63) is 236 Å². The fourth-order valence-corrected chi connectivity index (χ4v) is 10.9. The molecule has 0 saturated heterocycles. The Morgan fingerprint density at radius 3 is 1.97 bits per heavy atom. The van der Waals surface area contributed by atoms with Crippen LogP contribution in [0, 0.1) is 18.5 Å². The molecule has 4 heterocycles. The fourth-order valence-electron chi connectivity index (χ4n) is 9.60. The molecule has 0 unspecified atom stereocenters. The zero-order chi connectivity index (χ0) is 55.6. The van der Waals surface area contributed by atoms with Crippen LogP contribution in [0.15, 0.2) is 212 Å². The summed E-state index contributed by atoms with van der Waals surface area (Å²) in [7, 11) is 0.159. The largest absolute Gasteiger partial charge is 0.510 e. The maximum absolute atomic E-state index is 9.11. The molecule has 7 heteroatoms. The van der Waals surface area contributed by atoms with Crippen molar-refractivity contribution < 1.29 is 44.1 Å². The van der Waals surface area contributed by atoms with Gasteiger partial charge in [-0.25, -0.2) is 4.98 Å². The molecule has 71 heavy (non-hydrogen) atoms. The van der Waals surface area contributed by atoms with E-state index in [1.165, 1.54) is 0 Å². The molecule has 5 nitrogen and oxygen atoms in total. The molecule has 0 bridgehead atoms. The number of rotatable bonds is 8. The zero-order valence-electron chi connectivity index (χ0n) is 48.4. The van der Waals surface area contributed by atoms with E-state index in [2.05, 4.69) is 111 Å². The number of imidazole rings is 1. The van der Waals surface area contributed by atoms with Gasteiger partial charge in [-0.15, -0.1) is 34.8 Å². The molecule has 0 atom stereocenters. The van der Waals surface area contributed by atoms with Crippen LogP contribution in [-0.4, -0.2) is 23.6 Å². The Balaban J connectivity index is 0.00000651. The number of hydrogen-bond donors (Lipinski definition) is 0. The van der Waals surface area contributed by atoms with Gasteiger partial charge in [0.25, 0.3) is 6.33 Å². The topological polar surface area (TPSA) is 35.9 Å². The first-order chi connectivity index (χ1) is 38.5. The second-order valence-corrected chi connectivity index (χ2v) is 19.5. The zero-order valence-corrected chi connectivity index (χ0v) is 41.7. The molecule has 3 aromatic heterocycles.